The van der Waals surface area contributed by atoms with Gasteiger partial charge in [-0.3, -0.25) is 5.32 Å². The number of carbonyl (C=O) groups excluding carboxylic acids is 1. The highest BCUT2D eigenvalue weighted by molar-refractivity contribution is 5.84. The van der Waals surface area contributed by atoms with Gasteiger partial charge >= 0.3 is 6.09 Å². The Hall–Kier alpha value is -1.51. The van der Waals surface area contributed by atoms with Gasteiger partial charge in [0.2, 0.25) is 0 Å². The highest BCUT2D eigenvalue weighted by atomic mass is 16.6. The maximum absolute atomic E-state index is 11.6. The van der Waals surface area contributed by atoms with Gasteiger partial charge in [0.15, 0.2) is 0 Å². The summed E-state index contributed by atoms with van der Waals surface area (Å²) < 4.78 is 5.20. The average molecular weight is 248 g/mol. The monoisotopic (exact) mass is 248 g/mol. The zero-order valence-corrected chi connectivity index (χ0v) is 12.0. The van der Waals surface area contributed by atoms with Crippen LogP contribution in [0.4, 0.5) is 10.5 Å². The summed E-state index contributed by atoms with van der Waals surface area (Å²) in [5, 5.41) is 2.72. The number of rotatable bonds is 1. The molecule has 0 saturated heterocycles. The first-order chi connectivity index (χ1) is 8.08. The van der Waals surface area contributed by atoms with Crippen LogP contribution in [0.5, 0.6) is 0 Å². The van der Waals surface area contributed by atoms with Crippen molar-refractivity contribution in [2.45, 2.75) is 52.6 Å². The van der Waals surface area contributed by atoms with E-state index in [4.69, 9.17) is 4.74 Å². The third-order valence-electron chi connectivity index (χ3n) is 2.30. The molecule has 0 spiro atoms. The molecule has 18 heavy (non-hydrogen) atoms. The Morgan fingerprint density at radius 2 is 1.78 bits per heavy atom. The number of ether oxygens (including phenoxy) is 1. The van der Waals surface area contributed by atoms with E-state index >= 15 is 0 Å². The van der Waals surface area contributed by atoms with E-state index in [9.17, 15) is 4.79 Å². The Bertz CT molecular complexity index is 425. The zero-order valence-electron chi connectivity index (χ0n) is 12.0. The van der Waals surface area contributed by atoms with Gasteiger partial charge in [-0.05, 0) is 49.9 Å². The molecule has 0 atom stereocenters. The maximum Gasteiger partial charge on any atom is 0.412 e. The molecular formula is C15H22NO2. The van der Waals surface area contributed by atoms with Crippen LogP contribution in [0.25, 0.3) is 0 Å². The van der Waals surface area contributed by atoms with Crippen LogP contribution >= 0.6 is 0 Å². The highest BCUT2D eigenvalue weighted by Crippen LogP contribution is 2.24. The fraction of sp³-hybridized carbons (Fsp3) is 0.533. The molecule has 1 radical (unpaired) electrons. The lowest BCUT2D eigenvalue weighted by atomic mass is 9.87. The van der Waals surface area contributed by atoms with Crippen molar-refractivity contribution in [3.8, 4) is 0 Å². The molecule has 99 valence electrons. The maximum atomic E-state index is 11.6. The van der Waals surface area contributed by atoms with E-state index in [1.54, 1.807) is 6.07 Å². The van der Waals surface area contributed by atoms with E-state index in [-0.39, 0.29) is 5.41 Å². The smallest absolute Gasteiger partial charge is 0.412 e. The van der Waals surface area contributed by atoms with E-state index in [0.717, 1.165) is 5.56 Å². The number of hydrogen-bond donors (Lipinski definition) is 1. The summed E-state index contributed by atoms with van der Waals surface area (Å²) in [4.78, 5) is 11.6. The van der Waals surface area contributed by atoms with Crippen molar-refractivity contribution in [2.24, 2.45) is 0 Å². The molecular weight excluding hydrogens is 226 g/mol. The summed E-state index contributed by atoms with van der Waals surface area (Å²) in [6.45, 7) is 11.9. The van der Waals surface area contributed by atoms with E-state index in [1.807, 2.05) is 32.9 Å². The molecule has 1 aromatic rings. The minimum Gasteiger partial charge on any atom is -0.444 e. The Balaban J connectivity index is 2.77. The summed E-state index contributed by atoms with van der Waals surface area (Å²) in [6, 6.07) is 8.65. The lowest BCUT2D eigenvalue weighted by molar-refractivity contribution is 0.0636. The molecule has 0 aliphatic heterocycles. The lowest BCUT2D eigenvalue weighted by Crippen LogP contribution is -2.27. The molecule has 1 aromatic carbocycles. The van der Waals surface area contributed by atoms with E-state index < -0.39 is 11.7 Å². The van der Waals surface area contributed by atoms with Gasteiger partial charge < -0.3 is 4.74 Å². The van der Waals surface area contributed by atoms with Gasteiger partial charge in [-0.2, -0.15) is 0 Å². The first kappa shape index (κ1) is 14.6. The Labute approximate surface area is 110 Å². The molecule has 0 heterocycles. The van der Waals surface area contributed by atoms with Gasteiger partial charge in [-0.15, -0.1) is 0 Å². The van der Waals surface area contributed by atoms with Crippen LogP contribution in [0.3, 0.4) is 0 Å². The molecule has 3 heteroatoms. The van der Waals surface area contributed by atoms with E-state index in [1.165, 1.54) is 0 Å². The minimum absolute atomic E-state index is 0.0299. The molecule has 1 N–H and O–H groups in total. The van der Waals surface area contributed by atoms with Crippen molar-refractivity contribution in [2.75, 3.05) is 5.32 Å². The van der Waals surface area contributed by atoms with Crippen LogP contribution in [0.15, 0.2) is 18.2 Å². The highest BCUT2D eigenvalue weighted by Gasteiger charge is 2.17. The van der Waals surface area contributed by atoms with Crippen molar-refractivity contribution in [1.82, 2.24) is 0 Å². The van der Waals surface area contributed by atoms with Gasteiger partial charge in [0.05, 0.1) is 0 Å². The van der Waals surface area contributed by atoms with Crippen molar-refractivity contribution in [1.29, 1.82) is 0 Å². The largest absolute Gasteiger partial charge is 0.444 e. The van der Waals surface area contributed by atoms with Crippen LogP contribution in [-0.4, -0.2) is 11.7 Å². The molecule has 0 unspecified atom stereocenters. The van der Waals surface area contributed by atoms with Crippen LogP contribution in [0.2, 0.25) is 0 Å². The third kappa shape index (κ3) is 4.78. The van der Waals surface area contributed by atoms with E-state index in [0.29, 0.717) is 5.69 Å². The quantitative estimate of drug-likeness (QED) is 0.811. The number of benzene rings is 1. The normalized spacial score (nSPS) is 12.1. The van der Waals surface area contributed by atoms with Gasteiger partial charge in [0.25, 0.3) is 0 Å². The molecule has 1 amide bonds. The fourth-order valence-electron chi connectivity index (χ4n) is 1.40. The van der Waals surface area contributed by atoms with Gasteiger partial charge in [0, 0.05) is 5.69 Å². The van der Waals surface area contributed by atoms with Crippen molar-refractivity contribution < 1.29 is 9.53 Å². The molecule has 0 fully saturated rings. The third-order valence-corrected chi connectivity index (χ3v) is 2.30. The molecule has 3 nitrogen and oxygen atoms in total. The van der Waals surface area contributed by atoms with Gasteiger partial charge in [-0.1, -0.05) is 26.8 Å². The Morgan fingerprint density at radius 3 is 2.28 bits per heavy atom. The molecule has 0 bridgehead atoms. The van der Waals surface area contributed by atoms with Crippen molar-refractivity contribution >= 4 is 11.8 Å². The van der Waals surface area contributed by atoms with Crippen molar-refractivity contribution in [3.05, 3.63) is 29.8 Å². The number of carbonyl (C=O) groups is 1. The Morgan fingerprint density at radius 1 is 1.17 bits per heavy atom. The van der Waals surface area contributed by atoms with Gasteiger partial charge in [-0.25, -0.2) is 4.79 Å². The lowest BCUT2D eigenvalue weighted by Gasteiger charge is -2.21. The van der Waals surface area contributed by atoms with Crippen molar-refractivity contribution in [3.63, 3.8) is 0 Å². The number of amides is 1. The molecule has 0 aromatic heterocycles. The number of anilines is 1. The summed E-state index contributed by atoms with van der Waals surface area (Å²) in [6.07, 6.45) is -0.443. The summed E-state index contributed by atoms with van der Waals surface area (Å²) >= 11 is 0. The van der Waals surface area contributed by atoms with Crippen LogP contribution in [0.1, 0.15) is 47.1 Å². The second kappa shape index (κ2) is 5.01. The summed E-state index contributed by atoms with van der Waals surface area (Å²) in [7, 11) is 0. The van der Waals surface area contributed by atoms with E-state index in [2.05, 4.69) is 32.2 Å². The standard InChI is InChI=1S/C15H22NO2/c1-14(2,3)11-8-7-9-12(10-11)16-13(17)18-15(4,5)6/h8-10H,1-6H3,(H,16,17). The molecule has 0 aliphatic carbocycles. The summed E-state index contributed by atoms with van der Waals surface area (Å²) in [5.74, 6) is 0. The first-order valence-corrected chi connectivity index (χ1v) is 6.09. The fourth-order valence-corrected chi connectivity index (χ4v) is 1.40. The predicted octanol–water partition coefficient (Wildman–Crippen LogP) is 4.13. The second-order valence-corrected chi connectivity index (χ2v) is 6.39. The second-order valence-electron chi connectivity index (χ2n) is 6.39. The van der Waals surface area contributed by atoms with Gasteiger partial charge in [0.1, 0.15) is 5.60 Å². The number of nitrogens with one attached hydrogen (secondary N) is 1. The molecule has 0 saturated carbocycles. The Kier molecular flexibility index (Phi) is 4.05. The predicted molar refractivity (Wildman–Crippen MR) is 73.8 cm³/mol. The first-order valence-electron chi connectivity index (χ1n) is 6.09. The molecule has 0 aliphatic rings. The SMILES string of the molecule is CC(C)(C)OC(=O)Nc1c[c]cc(C(C)(C)C)c1. The summed E-state index contributed by atoms with van der Waals surface area (Å²) in [5.41, 5.74) is 1.37. The van der Waals surface area contributed by atoms with Crippen LogP contribution in [0, 0.1) is 6.07 Å². The zero-order chi connectivity index (χ0) is 14.0. The molecule has 1 rings (SSSR count). The topological polar surface area (TPSA) is 38.3 Å². The van der Waals surface area contributed by atoms with Crippen LogP contribution < -0.4 is 5.32 Å². The average Bonchev–Trinajstić information content (AvgIpc) is 2.13. The number of hydrogen-bond acceptors (Lipinski definition) is 2. The minimum atomic E-state index is -0.491. The van der Waals surface area contributed by atoms with Crippen LogP contribution in [-0.2, 0) is 10.2 Å².